The van der Waals surface area contributed by atoms with Crippen molar-refractivity contribution in [1.29, 1.82) is 0 Å². The summed E-state index contributed by atoms with van der Waals surface area (Å²) in [6.07, 6.45) is 5.12. The first-order valence-electron chi connectivity index (χ1n) is 3.42. The van der Waals surface area contributed by atoms with E-state index in [1.54, 1.807) is 0 Å². The number of rotatable bonds is 3. The Morgan fingerprint density at radius 2 is 2.18 bits per heavy atom. The molecule has 1 aliphatic rings. The van der Waals surface area contributed by atoms with Crippen LogP contribution in [0, 0.1) is 11.8 Å². The second kappa shape index (κ2) is 5.36. The average Bonchev–Trinajstić information content (AvgIpc) is 2.47. The molecule has 2 atom stereocenters. The molecule has 0 aliphatic heterocycles. The van der Waals surface area contributed by atoms with E-state index < -0.39 is 10.7 Å². The molecule has 0 aromatic carbocycles. The number of hydrogen-bond acceptors (Lipinski definition) is 3. The summed E-state index contributed by atoms with van der Waals surface area (Å²) in [4.78, 5) is 0. The minimum Gasteiger partial charge on any atom is -0.424 e. The van der Waals surface area contributed by atoms with Gasteiger partial charge in [0.05, 0.1) is 0 Å². The third-order valence-electron chi connectivity index (χ3n) is 1.77. The minimum atomic E-state index is -1.84. The SMILES string of the molecule is C/C=C/[C@H]1C[C@H]1C[S-](=O)=O.[Na+]. The molecule has 0 N–H and O–H groups in total. The molecule has 0 aromatic rings. The van der Waals surface area contributed by atoms with Crippen molar-refractivity contribution in [1.82, 2.24) is 0 Å². The van der Waals surface area contributed by atoms with Crippen LogP contribution in [0.5, 0.6) is 0 Å². The van der Waals surface area contributed by atoms with Crippen molar-refractivity contribution in [3.63, 3.8) is 0 Å². The Morgan fingerprint density at radius 1 is 1.55 bits per heavy atom. The molecule has 58 valence electrons. The van der Waals surface area contributed by atoms with Gasteiger partial charge in [-0.1, -0.05) is 28.6 Å². The van der Waals surface area contributed by atoms with Crippen LogP contribution < -0.4 is 29.6 Å². The molecule has 0 saturated heterocycles. The third-order valence-corrected chi connectivity index (χ3v) is 2.47. The predicted molar refractivity (Wildman–Crippen MR) is 40.0 cm³/mol. The summed E-state index contributed by atoms with van der Waals surface area (Å²) < 4.78 is 20.4. The molecule has 1 fully saturated rings. The molecule has 1 rings (SSSR count). The van der Waals surface area contributed by atoms with Crippen molar-refractivity contribution >= 4 is 10.7 Å². The van der Waals surface area contributed by atoms with Gasteiger partial charge < -0.3 is 8.42 Å². The average molecular weight is 182 g/mol. The molecular formula is C7H11NaO2S. The molecule has 0 heterocycles. The van der Waals surface area contributed by atoms with Gasteiger partial charge in [-0.15, -0.1) is 0 Å². The first kappa shape index (κ1) is 11.7. The van der Waals surface area contributed by atoms with Crippen molar-refractivity contribution in [3.8, 4) is 0 Å². The molecule has 0 bridgehead atoms. The molecule has 0 unspecified atom stereocenters. The van der Waals surface area contributed by atoms with E-state index in [9.17, 15) is 8.42 Å². The molecule has 1 saturated carbocycles. The van der Waals surface area contributed by atoms with Crippen LogP contribution in [0.15, 0.2) is 12.2 Å². The molecule has 0 amide bonds. The fourth-order valence-corrected chi connectivity index (χ4v) is 1.85. The maximum absolute atomic E-state index is 10.2. The smallest absolute Gasteiger partial charge is 0.424 e. The normalized spacial score (nSPS) is 28.9. The van der Waals surface area contributed by atoms with E-state index in [1.807, 2.05) is 13.0 Å². The summed E-state index contributed by atoms with van der Waals surface area (Å²) in [5.74, 6) is 1.30. The number of allylic oxidation sites excluding steroid dienone is 2. The fraction of sp³-hybridized carbons (Fsp3) is 0.714. The first-order chi connectivity index (χ1) is 4.74. The van der Waals surface area contributed by atoms with Crippen LogP contribution in [0.1, 0.15) is 13.3 Å². The summed E-state index contributed by atoms with van der Waals surface area (Å²) in [7, 11) is -1.84. The van der Waals surface area contributed by atoms with Gasteiger partial charge in [-0.25, -0.2) is 0 Å². The summed E-state index contributed by atoms with van der Waals surface area (Å²) >= 11 is 0. The van der Waals surface area contributed by atoms with Crippen molar-refractivity contribution in [2.45, 2.75) is 13.3 Å². The molecule has 4 heteroatoms. The Kier molecular flexibility index (Phi) is 5.69. The predicted octanol–water partition coefficient (Wildman–Crippen LogP) is -1.49. The number of hydrogen-bond donors (Lipinski definition) is 0. The second-order valence-corrected chi connectivity index (χ2v) is 3.60. The summed E-state index contributed by atoms with van der Waals surface area (Å²) in [5, 5.41) is 0. The van der Waals surface area contributed by atoms with Crippen LogP contribution in [-0.2, 0) is 19.1 Å². The maximum Gasteiger partial charge on any atom is 1.00 e. The zero-order valence-corrected chi connectivity index (χ0v) is 9.76. The van der Waals surface area contributed by atoms with Crippen LogP contribution in [0.25, 0.3) is 0 Å². The summed E-state index contributed by atoms with van der Waals surface area (Å²) in [6, 6.07) is 0. The molecule has 0 aromatic heterocycles. The van der Waals surface area contributed by atoms with Gasteiger partial charge in [-0.05, 0) is 25.2 Å². The Hall–Kier alpha value is 0.690. The zero-order valence-electron chi connectivity index (χ0n) is 6.95. The van der Waals surface area contributed by atoms with Crippen LogP contribution in [-0.4, -0.2) is 5.75 Å². The van der Waals surface area contributed by atoms with Gasteiger partial charge >= 0.3 is 29.6 Å². The fourth-order valence-electron chi connectivity index (χ4n) is 1.12. The quantitative estimate of drug-likeness (QED) is 0.303. The monoisotopic (exact) mass is 182 g/mol. The van der Waals surface area contributed by atoms with Crippen LogP contribution in [0.2, 0.25) is 0 Å². The molecule has 0 spiro atoms. The van der Waals surface area contributed by atoms with Gasteiger partial charge in [0.2, 0.25) is 0 Å². The van der Waals surface area contributed by atoms with E-state index in [0.29, 0.717) is 17.6 Å². The Balaban J connectivity index is 0.000001000. The molecule has 2 nitrogen and oxygen atoms in total. The molecule has 0 radical (unpaired) electrons. The van der Waals surface area contributed by atoms with E-state index in [1.165, 1.54) is 0 Å². The molecule has 1 aliphatic carbocycles. The van der Waals surface area contributed by atoms with E-state index in [2.05, 4.69) is 6.08 Å². The Bertz CT molecular complexity index is 202. The third kappa shape index (κ3) is 4.31. The molecule has 11 heavy (non-hydrogen) atoms. The van der Waals surface area contributed by atoms with Crippen molar-refractivity contribution in [3.05, 3.63) is 12.2 Å². The van der Waals surface area contributed by atoms with Crippen LogP contribution >= 0.6 is 0 Å². The van der Waals surface area contributed by atoms with E-state index in [0.717, 1.165) is 6.42 Å². The van der Waals surface area contributed by atoms with Gasteiger partial charge in [-0.2, -0.15) is 0 Å². The largest absolute Gasteiger partial charge is 1.00 e. The Morgan fingerprint density at radius 3 is 2.64 bits per heavy atom. The van der Waals surface area contributed by atoms with Gasteiger partial charge in [0.25, 0.3) is 0 Å². The topological polar surface area (TPSA) is 34.1 Å². The van der Waals surface area contributed by atoms with Gasteiger partial charge in [0.1, 0.15) is 0 Å². The second-order valence-electron chi connectivity index (χ2n) is 2.66. The molecular weight excluding hydrogens is 171 g/mol. The minimum absolute atomic E-state index is 0. The van der Waals surface area contributed by atoms with Gasteiger partial charge in [0.15, 0.2) is 0 Å². The van der Waals surface area contributed by atoms with E-state index >= 15 is 0 Å². The maximum atomic E-state index is 10.2. The Labute approximate surface area is 91.3 Å². The van der Waals surface area contributed by atoms with Gasteiger partial charge in [0, 0.05) is 0 Å². The van der Waals surface area contributed by atoms with Crippen molar-refractivity contribution in [2.75, 3.05) is 5.75 Å². The van der Waals surface area contributed by atoms with E-state index in [4.69, 9.17) is 0 Å². The standard InChI is InChI=1S/C7H11O2S.Na/c1-2-3-6-4-7(6)5-10(8)9;/h2-3,6-7H,4-5H2,1H3;/q-1;+1/b3-2+;/t6-,7-;/m0./s1. The first-order valence-corrected chi connectivity index (χ1v) is 4.67. The van der Waals surface area contributed by atoms with Gasteiger partial charge in [-0.3, -0.25) is 0 Å². The van der Waals surface area contributed by atoms with Crippen molar-refractivity contribution in [2.24, 2.45) is 11.8 Å². The summed E-state index contributed by atoms with van der Waals surface area (Å²) in [5.41, 5.74) is 0. The van der Waals surface area contributed by atoms with Crippen LogP contribution in [0.4, 0.5) is 0 Å². The zero-order chi connectivity index (χ0) is 7.56. The van der Waals surface area contributed by atoms with Crippen molar-refractivity contribution < 1.29 is 38.0 Å². The van der Waals surface area contributed by atoms with Crippen LogP contribution in [0.3, 0.4) is 0 Å². The van der Waals surface area contributed by atoms with E-state index in [-0.39, 0.29) is 29.6 Å². The summed E-state index contributed by atoms with van der Waals surface area (Å²) in [6.45, 7) is 1.96.